The average Bonchev–Trinajstić information content (AvgIpc) is 2.37. The van der Waals surface area contributed by atoms with Gasteiger partial charge in [-0.15, -0.1) is 0 Å². The quantitative estimate of drug-likeness (QED) is 0.882. The fourth-order valence-electron chi connectivity index (χ4n) is 2.03. The Balaban J connectivity index is 2.37. The maximum absolute atomic E-state index is 13.8. The van der Waals surface area contributed by atoms with E-state index in [2.05, 4.69) is 0 Å². The molecule has 2 aromatic carbocycles. The van der Waals surface area contributed by atoms with Crippen LogP contribution in [0.1, 0.15) is 11.1 Å². The highest BCUT2D eigenvalue weighted by Crippen LogP contribution is 2.26. The Morgan fingerprint density at radius 1 is 1.19 bits per heavy atom. The van der Waals surface area contributed by atoms with Gasteiger partial charge in [0.25, 0.3) is 0 Å². The summed E-state index contributed by atoms with van der Waals surface area (Å²) in [6.07, 6.45) is 0. The summed E-state index contributed by atoms with van der Waals surface area (Å²) in [4.78, 5) is -0.465. The molecule has 0 amide bonds. The molecule has 0 heterocycles. The summed E-state index contributed by atoms with van der Waals surface area (Å²) in [7, 11) is -0.384. The second-order valence-corrected chi connectivity index (χ2v) is 6.01. The van der Waals surface area contributed by atoms with Gasteiger partial charge in [0.15, 0.2) is 0 Å². The number of halogens is 2. The van der Waals surface area contributed by atoms with Crippen molar-refractivity contribution in [3.63, 3.8) is 0 Å². The Hall–Kier alpha value is -1.95. The number of methoxy groups -OCH3 is 1. The van der Waals surface area contributed by atoms with Crippen LogP contribution < -0.4 is 10.5 Å². The predicted molar refractivity (Wildman–Crippen MR) is 78.6 cm³/mol. The fraction of sp³-hybridized carbons (Fsp3) is 0.200. The Labute approximate surface area is 124 Å². The van der Waals surface area contributed by atoms with Gasteiger partial charge in [-0.3, -0.25) is 4.21 Å². The van der Waals surface area contributed by atoms with Gasteiger partial charge >= 0.3 is 0 Å². The number of anilines is 1. The van der Waals surface area contributed by atoms with Crippen LogP contribution >= 0.6 is 0 Å². The Morgan fingerprint density at radius 2 is 1.81 bits per heavy atom. The van der Waals surface area contributed by atoms with Crippen LogP contribution in [0.25, 0.3) is 0 Å². The van der Waals surface area contributed by atoms with Crippen molar-refractivity contribution >= 4 is 16.5 Å². The van der Waals surface area contributed by atoms with Gasteiger partial charge in [0.1, 0.15) is 22.3 Å². The molecule has 0 aliphatic heterocycles. The van der Waals surface area contributed by atoms with Gasteiger partial charge in [0, 0.05) is 11.3 Å². The first-order valence-electron chi connectivity index (χ1n) is 6.18. The van der Waals surface area contributed by atoms with Crippen LogP contribution in [-0.4, -0.2) is 11.3 Å². The van der Waals surface area contributed by atoms with Crippen molar-refractivity contribution in [2.75, 3.05) is 12.8 Å². The molecule has 0 bridgehead atoms. The van der Waals surface area contributed by atoms with Crippen molar-refractivity contribution in [3.8, 4) is 5.75 Å². The highest BCUT2D eigenvalue weighted by atomic mass is 32.2. The summed E-state index contributed by atoms with van der Waals surface area (Å²) in [6, 6.07) is 7.28. The molecule has 1 unspecified atom stereocenters. The van der Waals surface area contributed by atoms with Gasteiger partial charge in [-0.05, 0) is 25.1 Å². The molecule has 0 aliphatic rings. The zero-order chi connectivity index (χ0) is 15.6. The number of hydrogen-bond acceptors (Lipinski definition) is 3. The number of ether oxygens (including phenoxy) is 1. The Morgan fingerprint density at radius 3 is 2.38 bits per heavy atom. The minimum absolute atomic E-state index is 0.0391. The van der Waals surface area contributed by atoms with Crippen LogP contribution in [0.15, 0.2) is 35.2 Å². The molecule has 6 heteroatoms. The molecule has 0 aliphatic carbocycles. The van der Waals surface area contributed by atoms with Crippen molar-refractivity contribution in [1.29, 1.82) is 0 Å². The predicted octanol–water partition coefficient (Wildman–Crippen LogP) is 3.17. The van der Waals surface area contributed by atoms with Crippen LogP contribution in [0.4, 0.5) is 14.5 Å². The molecule has 0 saturated carbocycles. The van der Waals surface area contributed by atoms with Crippen LogP contribution in [0, 0.1) is 18.6 Å². The van der Waals surface area contributed by atoms with E-state index in [1.165, 1.54) is 7.11 Å². The molecule has 0 radical (unpaired) electrons. The van der Waals surface area contributed by atoms with Crippen molar-refractivity contribution < 1.29 is 17.7 Å². The summed E-state index contributed by atoms with van der Waals surface area (Å²) < 4.78 is 45.0. The summed E-state index contributed by atoms with van der Waals surface area (Å²) in [6.45, 7) is 1.87. The first kappa shape index (κ1) is 15.4. The zero-order valence-corrected chi connectivity index (χ0v) is 12.5. The van der Waals surface area contributed by atoms with Crippen LogP contribution in [0.2, 0.25) is 0 Å². The van der Waals surface area contributed by atoms with Gasteiger partial charge in [-0.1, -0.05) is 17.7 Å². The number of benzene rings is 2. The molecule has 3 nitrogen and oxygen atoms in total. The number of nitrogens with two attached hydrogens (primary N) is 1. The third-order valence-electron chi connectivity index (χ3n) is 2.97. The second kappa shape index (κ2) is 6.22. The van der Waals surface area contributed by atoms with Gasteiger partial charge in [-0.2, -0.15) is 0 Å². The van der Waals surface area contributed by atoms with E-state index < -0.39 is 27.3 Å². The maximum atomic E-state index is 13.8. The van der Waals surface area contributed by atoms with E-state index in [-0.39, 0.29) is 11.4 Å². The third kappa shape index (κ3) is 3.39. The van der Waals surface area contributed by atoms with Gasteiger partial charge in [-0.25, -0.2) is 8.78 Å². The number of hydrogen-bond donors (Lipinski definition) is 1. The van der Waals surface area contributed by atoms with Gasteiger partial charge in [0.2, 0.25) is 0 Å². The second-order valence-electron chi connectivity index (χ2n) is 4.62. The lowest BCUT2D eigenvalue weighted by atomic mass is 10.1. The maximum Gasteiger partial charge on any atom is 0.144 e. The Bertz CT molecular complexity index is 681. The largest absolute Gasteiger partial charge is 0.496 e. The lowest BCUT2D eigenvalue weighted by molar-refractivity contribution is 0.411. The summed E-state index contributed by atoms with van der Waals surface area (Å²) >= 11 is 0. The van der Waals surface area contributed by atoms with E-state index in [4.69, 9.17) is 10.5 Å². The molecule has 1 atom stereocenters. The fourth-order valence-corrected chi connectivity index (χ4v) is 3.24. The molecule has 0 aromatic heterocycles. The number of nitrogen functional groups attached to an aromatic ring is 1. The monoisotopic (exact) mass is 311 g/mol. The zero-order valence-electron chi connectivity index (χ0n) is 11.7. The van der Waals surface area contributed by atoms with E-state index in [0.717, 1.165) is 17.7 Å². The smallest absolute Gasteiger partial charge is 0.144 e. The molecule has 0 saturated heterocycles. The van der Waals surface area contributed by atoms with Gasteiger partial charge < -0.3 is 10.5 Å². The topological polar surface area (TPSA) is 52.3 Å². The first-order chi connectivity index (χ1) is 9.92. The van der Waals surface area contributed by atoms with E-state index >= 15 is 0 Å². The molecular formula is C15H15F2NO2S. The normalized spacial score (nSPS) is 12.2. The molecule has 21 heavy (non-hydrogen) atoms. The van der Waals surface area contributed by atoms with Crippen molar-refractivity contribution in [2.45, 2.75) is 17.6 Å². The minimum Gasteiger partial charge on any atom is -0.496 e. The Kier molecular flexibility index (Phi) is 4.57. The number of rotatable bonds is 4. The summed E-state index contributed by atoms with van der Waals surface area (Å²) in [5, 5.41) is 0. The molecule has 2 aromatic rings. The van der Waals surface area contributed by atoms with E-state index in [1.807, 2.05) is 13.0 Å². The average molecular weight is 311 g/mol. The highest BCUT2D eigenvalue weighted by Gasteiger charge is 2.18. The van der Waals surface area contributed by atoms with Crippen LogP contribution in [0.5, 0.6) is 5.75 Å². The molecule has 112 valence electrons. The summed E-state index contributed by atoms with van der Waals surface area (Å²) in [5.41, 5.74) is 6.88. The molecule has 2 rings (SSSR count). The molecule has 0 spiro atoms. The first-order valence-corrected chi connectivity index (χ1v) is 7.50. The van der Waals surface area contributed by atoms with Crippen LogP contribution in [-0.2, 0) is 16.6 Å². The molecular weight excluding hydrogens is 296 g/mol. The minimum atomic E-state index is -1.87. The lowest BCUT2D eigenvalue weighted by Crippen LogP contribution is -2.05. The van der Waals surface area contributed by atoms with Crippen LogP contribution in [0.3, 0.4) is 0 Å². The van der Waals surface area contributed by atoms with Crippen molar-refractivity contribution in [1.82, 2.24) is 0 Å². The van der Waals surface area contributed by atoms with E-state index in [9.17, 15) is 13.0 Å². The van der Waals surface area contributed by atoms with Crippen molar-refractivity contribution in [3.05, 3.63) is 53.1 Å². The lowest BCUT2D eigenvalue weighted by Gasteiger charge is -2.10. The molecule has 0 fully saturated rings. The number of aryl methyl sites for hydroxylation is 1. The molecule has 2 N–H and O–H groups in total. The SMILES string of the molecule is COc1ccc(C)cc1CS(=O)c1c(F)cc(N)cc1F. The third-order valence-corrected chi connectivity index (χ3v) is 4.39. The summed E-state index contributed by atoms with van der Waals surface area (Å²) in [5.74, 6) is -1.32. The highest BCUT2D eigenvalue weighted by molar-refractivity contribution is 7.84. The van der Waals surface area contributed by atoms with E-state index in [1.54, 1.807) is 12.1 Å². The van der Waals surface area contributed by atoms with E-state index in [0.29, 0.717) is 11.3 Å². The standard InChI is InChI=1S/C15H15F2NO2S/c1-9-3-4-14(20-2)10(5-9)8-21(19)15-12(16)6-11(18)7-13(15)17/h3-7H,8,18H2,1-2H3. The van der Waals surface area contributed by atoms with Gasteiger partial charge in [0.05, 0.1) is 23.7 Å². The van der Waals surface area contributed by atoms with Crippen molar-refractivity contribution in [2.24, 2.45) is 0 Å².